The molecule has 1 atom stereocenters. The molecule has 2 fully saturated rings. The van der Waals surface area contributed by atoms with Gasteiger partial charge in [0.15, 0.2) is 0 Å². The van der Waals surface area contributed by atoms with E-state index < -0.39 is 12.0 Å². The van der Waals surface area contributed by atoms with Gasteiger partial charge in [0.05, 0.1) is 6.20 Å². The predicted octanol–water partition coefficient (Wildman–Crippen LogP) is 1.89. The van der Waals surface area contributed by atoms with Gasteiger partial charge in [0.25, 0.3) is 0 Å². The van der Waals surface area contributed by atoms with Gasteiger partial charge in [0.1, 0.15) is 6.04 Å². The van der Waals surface area contributed by atoms with E-state index in [4.69, 9.17) is 0 Å². The average molecular weight is 362 g/mol. The number of aromatic nitrogens is 2. The van der Waals surface area contributed by atoms with Crippen LogP contribution in [0.1, 0.15) is 50.8 Å². The van der Waals surface area contributed by atoms with Gasteiger partial charge in [-0.2, -0.15) is 5.10 Å². The Labute approximate surface area is 155 Å². The minimum absolute atomic E-state index is 0.0351. The molecule has 1 N–H and O–H groups in total. The lowest BCUT2D eigenvalue weighted by Crippen LogP contribution is -2.42. The SMILES string of the molecule is CCCn1ncc(CN2CCC3(CC2)CC(C(=O)O)N(C(C)=O)C3)c1C. The van der Waals surface area contributed by atoms with Crippen LogP contribution in [0.3, 0.4) is 0 Å². The van der Waals surface area contributed by atoms with Crippen molar-refractivity contribution in [1.29, 1.82) is 0 Å². The fraction of sp³-hybridized carbons (Fsp3) is 0.737. The van der Waals surface area contributed by atoms with Gasteiger partial charge in [0.2, 0.25) is 5.91 Å². The lowest BCUT2D eigenvalue weighted by molar-refractivity contribution is -0.147. The number of carbonyl (C=O) groups excluding carboxylic acids is 1. The lowest BCUT2D eigenvalue weighted by Gasteiger charge is -2.39. The van der Waals surface area contributed by atoms with Gasteiger partial charge in [-0.05, 0) is 51.1 Å². The molecule has 7 nitrogen and oxygen atoms in total. The van der Waals surface area contributed by atoms with Crippen LogP contribution in [-0.4, -0.2) is 62.2 Å². The van der Waals surface area contributed by atoms with E-state index in [1.165, 1.54) is 18.2 Å². The van der Waals surface area contributed by atoms with Crippen LogP contribution in [0.5, 0.6) is 0 Å². The average Bonchev–Trinajstić information content (AvgIpc) is 3.14. The molecular formula is C19H30N4O3. The number of nitrogens with zero attached hydrogens (tertiary/aromatic N) is 4. The summed E-state index contributed by atoms with van der Waals surface area (Å²) in [5.41, 5.74) is 2.48. The first-order valence-corrected chi connectivity index (χ1v) is 9.59. The topological polar surface area (TPSA) is 78.7 Å². The number of piperidine rings is 1. The van der Waals surface area contributed by atoms with E-state index in [9.17, 15) is 14.7 Å². The maximum Gasteiger partial charge on any atom is 0.326 e. The molecule has 0 bridgehead atoms. The third-order valence-electron chi connectivity index (χ3n) is 6.15. The Morgan fingerprint density at radius 1 is 1.35 bits per heavy atom. The minimum atomic E-state index is -0.876. The number of carboxylic acid groups (broad SMARTS) is 1. The van der Waals surface area contributed by atoms with Crippen molar-refractivity contribution in [3.63, 3.8) is 0 Å². The normalized spacial score (nSPS) is 22.9. The van der Waals surface area contributed by atoms with Crippen LogP contribution in [0.2, 0.25) is 0 Å². The Kier molecular flexibility index (Phi) is 5.37. The van der Waals surface area contributed by atoms with E-state index in [1.807, 2.05) is 6.20 Å². The highest BCUT2D eigenvalue weighted by Gasteiger charge is 2.49. The summed E-state index contributed by atoms with van der Waals surface area (Å²) in [6.07, 6.45) is 5.53. The molecule has 1 unspecified atom stereocenters. The van der Waals surface area contributed by atoms with E-state index in [2.05, 4.69) is 28.5 Å². The van der Waals surface area contributed by atoms with Gasteiger partial charge in [-0.15, -0.1) is 0 Å². The van der Waals surface area contributed by atoms with E-state index in [0.717, 1.165) is 45.4 Å². The zero-order valence-corrected chi connectivity index (χ0v) is 16.1. The second-order valence-electron chi connectivity index (χ2n) is 7.96. The smallest absolute Gasteiger partial charge is 0.326 e. The zero-order valence-electron chi connectivity index (χ0n) is 16.1. The summed E-state index contributed by atoms with van der Waals surface area (Å²) in [6, 6.07) is -0.659. The molecule has 144 valence electrons. The van der Waals surface area contributed by atoms with Crippen molar-refractivity contribution in [3.05, 3.63) is 17.5 Å². The van der Waals surface area contributed by atoms with Crippen LogP contribution in [0.15, 0.2) is 6.20 Å². The molecule has 0 aromatic carbocycles. The Bertz CT molecular complexity index is 652. The Hall–Kier alpha value is -1.89. The predicted molar refractivity (Wildman–Crippen MR) is 97.6 cm³/mol. The van der Waals surface area contributed by atoms with E-state index >= 15 is 0 Å². The first-order valence-electron chi connectivity index (χ1n) is 9.59. The molecule has 2 aliphatic heterocycles. The third kappa shape index (κ3) is 3.63. The van der Waals surface area contributed by atoms with Gasteiger partial charge in [-0.3, -0.25) is 14.4 Å². The molecule has 0 saturated carbocycles. The molecule has 1 aromatic heterocycles. The second kappa shape index (κ2) is 7.39. The largest absolute Gasteiger partial charge is 0.480 e. The number of aliphatic carboxylic acids is 1. The van der Waals surface area contributed by atoms with Crippen LogP contribution in [-0.2, 0) is 22.7 Å². The number of likely N-dealkylation sites (tertiary alicyclic amines) is 2. The van der Waals surface area contributed by atoms with Gasteiger partial charge in [-0.1, -0.05) is 6.92 Å². The van der Waals surface area contributed by atoms with Crippen LogP contribution >= 0.6 is 0 Å². The van der Waals surface area contributed by atoms with Crippen LogP contribution in [0, 0.1) is 12.3 Å². The molecule has 26 heavy (non-hydrogen) atoms. The van der Waals surface area contributed by atoms with Crippen LogP contribution < -0.4 is 0 Å². The van der Waals surface area contributed by atoms with E-state index in [1.54, 1.807) is 4.90 Å². The fourth-order valence-electron chi connectivity index (χ4n) is 4.47. The Balaban J connectivity index is 1.61. The molecule has 0 radical (unpaired) electrons. The Morgan fingerprint density at radius 3 is 2.58 bits per heavy atom. The number of amides is 1. The molecule has 2 saturated heterocycles. The second-order valence-corrected chi connectivity index (χ2v) is 7.96. The van der Waals surface area contributed by atoms with Gasteiger partial charge < -0.3 is 10.0 Å². The first kappa shape index (κ1) is 18.9. The quantitative estimate of drug-likeness (QED) is 0.865. The summed E-state index contributed by atoms with van der Waals surface area (Å²) in [5.74, 6) is -1.01. The molecule has 2 aliphatic rings. The summed E-state index contributed by atoms with van der Waals surface area (Å²) in [6.45, 7) is 10.1. The third-order valence-corrected chi connectivity index (χ3v) is 6.15. The number of hydrogen-bond donors (Lipinski definition) is 1. The van der Waals surface area contributed by atoms with Crippen molar-refractivity contribution in [1.82, 2.24) is 19.6 Å². The van der Waals surface area contributed by atoms with Crippen molar-refractivity contribution in [2.24, 2.45) is 5.41 Å². The van der Waals surface area contributed by atoms with Gasteiger partial charge in [0, 0.05) is 37.8 Å². The van der Waals surface area contributed by atoms with Gasteiger partial charge in [-0.25, -0.2) is 4.79 Å². The van der Waals surface area contributed by atoms with E-state index in [-0.39, 0.29) is 11.3 Å². The highest BCUT2D eigenvalue weighted by molar-refractivity contribution is 5.83. The molecule has 1 spiro atoms. The number of carboxylic acids is 1. The Morgan fingerprint density at radius 2 is 2.04 bits per heavy atom. The van der Waals surface area contributed by atoms with Crippen molar-refractivity contribution in [2.45, 2.75) is 65.6 Å². The number of hydrogen-bond acceptors (Lipinski definition) is 4. The van der Waals surface area contributed by atoms with Crippen LogP contribution in [0.25, 0.3) is 0 Å². The summed E-state index contributed by atoms with van der Waals surface area (Å²) < 4.78 is 2.07. The summed E-state index contributed by atoms with van der Waals surface area (Å²) in [4.78, 5) is 27.3. The molecule has 7 heteroatoms. The van der Waals surface area contributed by atoms with Crippen molar-refractivity contribution < 1.29 is 14.7 Å². The highest BCUT2D eigenvalue weighted by atomic mass is 16.4. The minimum Gasteiger partial charge on any atom is -0.480 e. The van der Waals surface area contributed by atoms with Crippen molar-refractivity contribution in [3.8, 4) is 0 Å². The number of aryl methyl sites for hydroxylation is 1. The first-order chi connectivity index (χ1) is 12.3. The summed E-state index contributed by atoms with van der Waals surface area (Å²) >= 11 is 0. The lowest BCUT2D eigenvalue weighted by atomic mass is 9.76. The molecule has 3 rings (SSSR count). The number of rotatable bonds is 5. The molecule has 1 amide bonds. The summed E-state index contributed by atoms with van der Waals surface area (Å²) in [7, 11) is 0. The van der Waals surface area contributed by atoms with Crippen LogP contribution in [0.4, 0.5) is 0 Å². The molecule has 0 aliphatic carbocycles. The molecule has 1 aromatic rings. The maximum absolute atomic E-state index is 11.8. The molecule has 3 heterocycles. The summed E-state index contributed by atoms with van der Waals surface area (Å²) in [5, 5.41) is 13.9. The number of carbonyl (C=O) groups is 2. The van der Waals surface area contributed by atoms with Crippen molar-refractivity contribution >= 4 is 11.9 Å². The molecular weight excluding hydrogens is 332 g/mol. The highest BCUT2D eigenvalue weighted by Crippen LogP contribution is 2.43. The zero-order chi connectivity index (χ0) is 18.9. The van der Waals surface area contributed by atoms with Gasteiger partial charge >= 0.3 is 5.97 Å². The maximum atomic E-state index is 11.8. The standard InChI is InChI=1S/C19H30N4O3/c1-4-7-23-14(2)16(11-20-23)12-21-8-5-19(6-9-21)10-17(18(25)26)22(13-19)15(3)24/h11,17H,4-10,12-13H2,1-3H3,(H,25,26). The van der Waals surface area contributed by atoms with E-state index in [0.29, 0.717) is 13.0 Å². The van der Waals surface area contributed by atoms with Crippen molar-refractivity contribution in [2.75, 3.05) is 19.6 Å². The fourth-order valence-corrected chi connectivity index (χ4v) is 4.47. The monoisotopic (exact) mass is 362 g/mol.